The molecule has 152 valence electrons. The Morgan fingerprint density at radius 1 is 1.11 bits per heavy atom. The average Bonchev–Trinajstić information content (AvgIpc) is 2.62. The van der Waals surface area contributed by atoms with E-state index < -0.39 is 28.3 Å². The van der Waals surface area contributed by atoms with Crippen LogP contribution in [0, 0.1) is 5.82 Å². The smallest absolute Gasteiger partial charge is 0.245 e. The zero-order valence-electron chi connectivity index (χ0n) is 15.1. The molecule has 0 atom stereocenters. The molecular weight excluding hydrogens is 434 g/mol. The molecule has 1 amide bonds. The van der Waals surface area contributed by atoms with E-state index in [2.05, 4.69) is 5.32 Å². The fourth-order valence-electron chi connectivity index (χ4n) is 2.32. The molecule has 11 heteroatoms. The summed E-state index contributed by atoms with van der Waals surface area (Å²) in [6.45, 7) is -0.575. The number of hydrogen-bond donors (Lipinski definition) is 1. The molecule has 0 radical (unpaired) electrons. The highest BCUT2D eigenvalue weighted by Gasteiger charge is 2.23. The van der Waals surface area contributed by atoms with Crippen molar-refractivity contribution >= 4 is 50.5 Å². The normalized spacial score (nSPS) is 11.1. The number of halogens is 3. The van der Waals surface area contributed by atoms with Gasteiger partial charge in [0.1, 0.15) is 23.9 Å². The van der Waals surface area contributed by atoms with Gasteiger partial charge in [0.05, 0.1) is 41.9 Å². The van der Waals surface area contributed by atoms with Gasteiger partial charge < -0.3 is 14.8 Å². The average molecular weight is 451 g/mol. The van der Waals surface area contributed by atoms with E-state index in [0.29, 0.717) is 5.75 Å². The highest BCUT2D eigenvalue weighted by molar-refractivity contribution is 7.92. The Morgan fingerprint density at radius 2 is 1.75 bits per heavy atom. The van der Waals surface area contributed by atoms with Crippen LogP contribution in [0.4, 0.5) is 15.8 Å². The number of nitrogens with one attached hydrogen (secondary N) is 1. The number of amides is 1. The summed E-state index contributed by atoms with van der Waals surface area (Å²) in [6.07, 6.45) is 0.920. The number of methoxy groups -OCH3 is 2. The fourth-order valence-corrected chi connectivity index (χ4v) is 3.57. The third kappa shape index (κ3) is 5.18. The molecule has 0 aliphatic heterocycles. The Labute approximate surface area is 172 Å². The molecule has 0 aliphatic carbocycles. The Bertz CT molecular complexity index is 1000. The number of sulfonamides is 1. The summed E-state index contributed by atoms with van der Waals surface area (Å²) in [7, 11) is -1.06. The number of anilines is 2. The largest absolute Gasteiger partial charge is 0.495 e. The fraction of sp³-hybridized carbons (Fsp3) is 0.235. The van der Waals surface area contributed by atoms with Crippen LogP contribution in [0.15, 0.2) is 30.3 Å². The molecule has 0 saturated carbocycles. The van der Waals surface area contributed by atoms with Crippen molar-refractivity contribution in [1.29, 1.82) is 0 Å². The minimum atomic E-state index is -3.86. The predicted octanol–water partition coefficient (Wildman–Crippen LogP) is 3.55. The SMILES string of the molecule is COc1cc(NC(=O)CN(c2ccc(F)c(Cl)c2)S(C)(=O)=O)c(OC)cc1Cl. The van der Waals surface area contributed by atoms with Crippen LogP contribution in [-0.4, -0.2) is 41.3 Å². The van der Waals surface area contributed by atoms with E-state index >= 15 is 0 Å². The van der Waals surface area contributed by atoms with Crippen molar-refractivity contribution in [1.82, 2.24) is 0 Å². The summed E-state index contributed by atoms with van der Waals surface area (Å²) in [6, 6.07) is 6.24. The zero-order chi connectivity index (χ0) is 21.1. The van der Waals surface area contributed by atoms with Gasteiger partial charge in [0.15, 0.2) is 0 Å². The third-order valence-electron chi connectivity index (χ3n) is 3.63. The van der Waals surface area contributed by atoms with Gasteiger partial charge in [0.25, 0.3) is 0 Å². The second kappa shape index (κ2) is 8.85. The van der Waals surface area contributed by atoms with Gasteiger partial charge in [-0.25, -0.2) is 12.8 Å². The van der Waals surface area contributed by atoms with Gasteiger partial charge in [0.2, 0.25) is 15.9 Å². The van der Waals surface area contributed by atoms with Crippen LogP contribution >= 0.6 is 23.2 Å². The first-order chi connectivity index (χ1) is 13.1. The maximum atomic E-state index is 13.4. The van der Waals surface area contributed by atoms with Crippen LogP contribution in [0.1, 0.15) is 0 Å². The van der Waals surface area contributed by atoms with E-state index in [-0.39, 0.29) is 27.2 Å². The Balaban J connectivity index is 2.31. The lowest BCUT2D eigenvalue weighted by molar-refractivity contribution is -0.114. The number of rotatable bonds is 7. The molecule has 0 bridgehead atoms. The number of carbonyl (C=O) groups excluding carboxylic acids is 1. The van der Waals surface area contributed by atoms with Gasteiger partial charge in [-0.1, -0.05) is 23.2 Å². The Kier molecular flexibility index (Phi) is 6.97. The third-order valence-corrected chi connectivity index (χ3v) is 5.35. The molecule has 0 unspecified atom stereocenters. The number of nitrogens with zero attached hydrogens (tertiary/aromatic N) is 1. The Hall–Kier alpha value is -2.23. The van der Waals surface area contributed by atoms with E-state index in [1.165, 1.54) is 32.4 Å². The van der Waals surface area contributed by atoms with Crippen LogP contribution in [-0.2, 0) is 14.8 Å². The molecule has 0 heterocycles. The molecule has 2 aromatic carbocycles. The van der Waals surface area contributed by atoms with Crippen molar-refractivity contribution in [3.05, 3.63) is 46.2 Å². The van der Waals surface area contributed by atoms with Gasteiger partial charge in [-0.15, -0.1) is 0 Å². The van der Waals surface area contributed by atoms with Gasteiger partial charge in [-0.2, -0.15) is 0 Å². The zero-order valence-corrected chi connectivity index (χ0v) is 17.5. The molecule has 28 heavy (non-hydrogen) atoms. The van der Waals surface area contributed by atoms with Crippen LogP contribution in [0.5, 0.6) is 11.5 Å². The van der Waals surface area contributed by atoms with E-state index in [1.807, 2.05) is 0 Å². The predicted molar refractivity (Wildman–Crippen MR) is 107 cm³/mol. The van der Waals surface area contributed by atoms with Crippen molar-refractivity contribution in [2.45, 2.75) is 0 Å². The number of ether oxygens (including phenoxy) is 2. The van der Waals surface area contributed by atoms with Crippen molar-refractivity contribution in [3.8, 4) is 11.5 Å². The number of hydrogen-bond acceptors (Lipinski definition) is 5. The summed E-state index contributed by atoms with van der Waals surface area (Å²) in [5.41, 5.74) is 0.282. The summed E-state index contributed by atoms with van der Waals surface area (Å²) in [5.74, 6) is -0.826. The molecule has 0 spiro atoms. The second-order valence-electron chi connectivity index (χ2n) is 5.60. The second-order valence-corrected chi connectivity index (χ2v) is 8.32. The standard InChI is InChI=1S/C17H17Cl2FN2O5S/c1-26-15-8-14(16(27-2)7-12(15)19)21-17(23)9-22(28(3,24)25)10-4-5-13(20)11(18)6-10/h4-8H,9H2,1-3H3,(H,21,23). The van der Waals surface area contributed by atoms with Crippen molar-refractivity contribution in [2.75, 3.05) is 36.6 Å². The highest BCUT2D eigenvalue weighted by atomic mass is 35.5. The monoisotopic (exact) mass is 450 g/mol. The van der Waals surface area contributed by atoms with Crippen LogP contribution in [0.3, 0.4) is 0 Å². The summed E-state index contributed by atoms with van der Waals surface area (Å²) in [4.78, 5) is 12.5. The highest BCUT2D eigenvalue weighted by Crippen LogP contribution is 2.36. The molecule has 2 rings (SSSR count). The summed E-state index contributed by atoms with van der Waals surface area (Å²) >= 11 is 11.7. The minimum absolute atomic E-state index is 0.0460. The molecule has 2 aromatic rings. The summed E-state index contributed by atoms with van der Waals surface area (Å²) < 4.78 is 48.7. The van der Waals surface area contributed by atoms with E-state index in [1.54, 1.807) is 0 Å². The first kappa shape index (κ1) is 22.1. The van der Waals surface area contributed by atoms with Gasteiger partial charge in [-0.3, -0.25) is 9.10 Å². The van der Waals surface area contributed by atoms with Crippen LogP contribution in [0.25, 0.3) is 0 Å². The molecule has 0 saturated heterocycles. The maximum Gasteiger partial charge on any atom is 0.245 e. The van der Waals surface area contributed by atoms with Crippen LogP contribution < -0.4 is 19.1 Å². The van der Waals surface area contributed by atoms with E-state index in [4.69, 9.17) is 32.7 Å². The maximum absolute atomic E-state index is 13.4. The molecule has 0 aromatic heterocycles. The first-order valence-corrected chi connectivity index (χ1v) is 10.3. The quantitative estimate of drug-likeness (QED) is 0.696. The lowest BCUT2D eigenvalue weighted by atomic mass is 10.2. The van der Waals surface area contributed by atoms with Gasteiger partial charge >= 0.3 is 0 Å². The van der Waals surface area contributed by atoms with Gasteiger partial charge in [-0.05, 0) is 18.2 Å². The van der Waals surface area contributed by atoms with Crippen molar-refractivity contribution < 1.29 is 27.1 Å². The molecule has 1 N–H and O–H groups in total. The minimum Gasteiger partial charge on any atom is -0.495 e. The lowest BCUT2D eigenvalue weighted by Gasteiger charge is -2.22. The van der Waals surface area contributed by atoms with Crippen molar-refractivity contribution in [3.63, 3.8) is 0 Å². The molecule has 0 aliphatic rings. The van der Waals surface area contributed by atoms with Crippen LogP contribution in [0.2, 0.25) is 10.0 Å². The van der Waals surface area contributed by atoms with E-state index in [9.17, 15) is 17.6 Å². The van der Waals surface area contributed by atoms with Crippen molar-refractivity contribution in [2.24, 2.45) is 0 Å². The first-order valence-electron chi connectivity index (χ1n) is 7.71. The molecule has 7 nitrogen and oxygen atoms in total. The summed E-state index contributed by atoms with van der Waals surface area (Å²) in [5, 5.41) is 2.55. The molecule has 0 fully saturated rings. The Morgan fingerprint density at radius 3 is 2.29 bits per heavy atom. The van der Waals surface area contributed by atoms with E-state index in [0.717, 1.165) is 22.7 Å². The number of benzene rings is 2. The van der Waals surface area contributed by atoms with Gasteiger partial charge in [0, 0.05) is 12.1 Å². The molecular formula is C17H17Cl2FN2O5S. The lowest BCUT2D eigenvalue weighted by Crippen LogP contribution is -2.37. The number of carbonyl (C=O) groups is 1. The topological polar surface area (TPSA) is 84.9 Å².